The van der Waals surface area contributed by atoms with Crippen LogP contribution in [0.3, 0.4) is 0 Å². The second kappa shape index (κ2) is 2.69. The van der Waals surface area contributed by atoms with Crippen molar-refractivity contribution in [2.45, 2.75) is 20.4 Å². The van der Waals surface area contributed by atoms with Crippen molar-refractivity contribution in [1.29, 1.82) is 5.41 Å². The summed E-state index contributed by atoms with van der Waals surface area (Å²) >= 11 is 0. The Morgan fingerprint density at radius 3 is 2.82 bits per heavy atom. The van der Waals surface area contributed by atoms with Gasteiger partial charge in [0, 0.05) is 6.92 Å². The van der Waals surface area contributed by atoms with E-state index >= 15 is 0 Å². The molecule has 0 aliphatic rings. The summed E-state index contributed by atoms with van der Waals surface area (Å²) in [5.74, 6) is 0.355. The number of nitrogens with one attached hydrogen (secondary N) is 1. The zero-order chi connectivity index (χ0) is 8.43. The molecule has 0 unspecified atom stereocenters. The van der Waals surface area contributed by atoms with Gasteiger partial charge in [0.25, 0.3) is 0 Å². The van der Waals surface area contributed by atoms with Crippen LogP contribution in [-0.2, 0) is 11.3 Å². The fraction of sp³-hybridized carbons (Fsp3) is 0.500. The van der Waals surface area contributed by atoms with Crippen LogP contribution in [0.4, 0.5) is 0 Å². The molecule has 0 fully saturated rings. The molecule has 0 saturated carbocycles. The highest BCUT2D eigenvalue weighted by Gasteiger charge is 2.02. The van der Waals surface area contributed by atoms with Gasteiger partial charge in [-0.1, -0.05) is 0 Å². The van der Waals surface area contributed by atoms with E-state index in [1.54, 1.807) is 6.92 Å². The highest BCUT2D eigenvalue weighted by molar-refractivity contribution is 5.75. The van der Waals surface area contributed by atoms with E-state index in [1.165, 1.54) is 11.6 Å². The van der Waals surface area contributed by atoms with Crippen molar-refractivity contribution in [1.82, 2.24) is 9.78 Å². The predicted molar refractivity (Wildman–Crippen MR) is 35.8 cm³/mol. The van der Waals surface area contributed by atoms with Gasteiger partial charge in [-0.15, -0.1) is 5.10 Å². The van der Waals surface area contributed by atoms with Crippen molar-refractivity contribution in [3.05, 3.63) is 11.6 Å². The van der Waals surface area contributed by atoms with Crippen molar-refractivity contribution in [2.75, 3.05) is 0 Å². The normalized spacial score (nSPS) is 10.0. The molecule has 0 spiro atoms. The second-order valence-electron chi connectivity index (χ2n) is 2.29. The minimum atomic E-state index is -0.0855. The molecule has 0 aliphatic heterocycles. The monoisotopic (exact) mass is 155 g/mol. The molecule has 11 heavy (non-hydrogen) atoms. The minimum Gasteiger partial charge on any atom is -0.409 e. The quantitative estimate of drug-likeness (QED) is 0.645. The lowest BCUT2D eigenvalue weighted by molar-refractivity contribution is -0.117. The third-order valence-corrected chi connectivity index (χ3v) is 1.11. The summed E-state index contributed by atoms with van der Waals surface area (Å²) in [6.45, 7) is 3.18. The maximum absolute atomic E-state index is 10.6. The summed E-state index contributed by atoms with van der Waals surface area (Å²) in [6, 6.07) is 0. The van der Waals surface area contributed by atoms with E-state index in [0.29, 0.717) is 5.89 Å². The standard InChI is InChI=1S/C6H9N3O2/c1-4(10)3-9-6(7)11-5(2)8-9/h7H,3H2,1-2H3. The maximum atomic E-state index is 10.6. The van der Waals surface area contributed by atoms with E-state index in [-0.39, 0.29) is 18.0 Å². The summed E-state index contributed by atoms with van der Waals surface area (Å²) < 4.78 is 6.00. The number of nitrogens with zero attached hydrogens (tertiary/aromatic N) is 2. The first-order valence-electron chi connectivity index (χ1n) is 3.18. The van der Waals surface area contributed by atoms with E-state index in [9.17, 15) is 4.79 Å². The zero-order valence-corrected chi connectivity index (χ0v) is 6.42. The Morgan fingerprint density at radius 2 is 2.45 bits per heavy atom. The van der Waals surface area contributed by atoms with E-state index < -0.39 is 0 Å². The number of aryl methyl sites for hydroxylation is 1. The van der Waals surface area contributed by atoms with Gasteiger partial charge >= 0.3 is 5.68 Å². The Labute approximate surface area is 63.2 Å². The lowest BCUT2D eigenvalue weighted by atomic mass is 10.5. The first-order chi connectivity index (χ1) is 5.09. The fourth-order valence-corrected chi connectivity index (χ4v) is 0.746. The van der Waals surface area contributed by atoms with E-state index in [2.05, 4.69) is 5.10 Å². The van der Waals surface area contributed by atoms with Crippen LogP contribution in [0.25, 0.3) is 0 Å². The topological polar surface area (TPSA) is 71.9 Å². The molecule has 1 heterocycles. The smallest absolute Gasteiger partial charge is 0.312 e. The number of hydrogen-bond acceptors (Lipinski definition) is 4. The van der Waals surface area contributed by atoms with Crippen molar-refractivity contribution in [2.24, 2.45) is 0 Å². The molecule has 0 aromatic carbocycles. The summed E-state index contributed by atoms with van der Waals surface area (Å²) in [5, 5.41) is 11.0. The van der Waals surface area contributed by atoms with E-state index in [1.807, 2.05) is 0 Å². The van der Waals surface area contributed by atoms with Gasteiger partial charge in [0.15, 0.2) is 5.78 Å². The van der Waals surface area contributed by atoms with Crippen LogP contribution in [0.1, 0.15) is 12.8 Å². The van der Waals surface area contributed by atoms with E-state index in [4.69, 9.17) is 9.83 Å². The van der Waals surface area contributed by atoms with Gasteiger partial charge in [0.05, 0.1) is 0 Å². The van der Waals surface area contributed by atoms with Crippen LogP contribution in [0.5, 0.6) is 0 Å². The average Bonchev–Trinajstić information content (AvgIpc) is 2.09. The molecule has 0 aliphatic carbocycles. The van der Waals surface area contributed by atoms with Crippen molar-refractivity contribution >= 4 is 5.78 Å². The summed E-state index contributed by atoms with van der Waals surface area (Å²) in [6.07, 6.45) is 0. The molecule has 5 nitrogen and oxygen atoms in total. The number of hydrogen-bond donors (Lipinski definition) is 1. The maximum Gasteiger partial charge on any atom is 0.312 e. The van der Waals surface area contributed by atoms with Crippen LogP contribution in [0.15, 0.2) is 4.42 Å². The van der Waals surface area contributed by atoms with Gasteiger partial charge in [0.2, 0.25) is 5.89 Å². The molecule has 5 heteroatoms. The Morgan fingerprint density at radius 1 is 1.82 bits per heavy atom. The van der Waals surface area contributed by atoms with E-state index in [0.717, 1.165) is 0 Å². The summed E-state index contributed by atoms with van der Waals surface area (Å²) in [4.78, 5) is 10.6. The van der Waals surface area contributed by atoms with Crippen LogP contribution in [-0.4, -0.2) is 15.6 Å². The van der Waals surface area contributed by atoms with Crippen LogP contribution >= 0.6 is 0 Å². The number of carbonyl (C=O) groups excluding carboxylic acids is 1. The lowest BCUT2D eigenvalue weighted by Crippen LogP contribution is -2.19. The number of Topliss-reactive ketones (excluding diaryl/α,β-unsaturated/α-hetero) is 1. The SMILES string of the molecule is CC(=O)Cn1nc(C)oc1=N. The molecule has 0 amide bonds. The molecule has 1 rings (SSSR count). The summed E-state index contributed by atoms with van der Waals surface area (Å²) in [5.41, 5.74) is -0.0855. The van der Waals surface area contributed by atoms with Gasteiger partial charge in [-0.05, 0) is 6.92 Å². The molecule has 0 radical (unpaired) electrons. The van der Waals surface area contributed by atoms with Crippen molar-refractivity contribution < 1.29 is 9.21 Å². The third kappa shape index (κ3) is 1.76. The first kappa shape index (κ1) is 7.71. The van der Waals surface area contributed by atoms with Crippen LogP contribution in [0, 0.1) is 12.3 Å². The lowest BCUT2D eigenvalue weighted by Gasteiger charge is -1.90. The molecule has 1 aromatic heterocycles. The molecule has 1 aromatic rings. The van der Waals surface area contributed by atoms with Gasteiger partial charge < -0.3 is 4.42 Å². The summed E-state index contributed by atoms with van der Waals surface area (Å²) in [7, 11) is 0. The highest BCUT2D eigenvalue weighted by Crippen LogP contribution is 1.85. The third-order valence-electron chi connectivity index (χ3n) is 1.11. The Kier molecular flexibility index (Phi) is 1.89. The van der Waals surface area contributed by atoms with Crippen LogP contribution in [0.2, 0.25) is 0 Å². The number of carbonyl (C=O) groups is 1. The molecule has 1 N–H and O–H groups in total. The Hall–Kier alpha value is -1.39. The zero-order valence-electron chi connectivity index (χ0n) is 6.42. The Bertz CT molecular complexity index is 323. The molecular weight excluding hydrogens is 146 g/mol. The van der Waals surface area contributed by atoms with Gasteiger partial charge in [-0.3, -0.25) is 4.79 Å². The average molecular weight is 155 g/mol. The molecule has 60 valence electrons. The first-order valence-corrected chi connectivity index (χ1v) is 3.18. The highest BCUT2D eigenvalue weighted by atomic mass is 16.4. The Balaban J connectivity index is 2.95. The number of rotatable bonds is 2. The number of aromatic nitrogens is 2. The van der Waals surface area contributed by atoms with Gasteiger partial charge in [-0.2, -0.15) is 0 Å². The molecule has 0 bridgehead atoms. The minimum absolute atomic E-state index is 0.0446. The predicted octanol–water partition coefficient (Wildman–Crippen LogP) is -0.147. The molecule has 0 atom stereocenters. The van der Waals surface area contributed by atoms with Gasteiger partial charge in [-0.25, -0.2) is 10.1 Å². The van der Waals surface area contributed by atoms with Gasteiger partial charge in [0.1, 0.15) is 6.54 Å². The molecular formula is C6H9N3O2. The molecule has 0 saturated heterocycles. The van der Waals surface area contributed by atoms with Crippen LogP contribution < -0.4 is 5.68 Å². The number of ketones is 1. The largest absolute Gasteiger partial charge is 0.409 e. The fourth-order valence-electron chi connectivity index (χ4n) is 0.746. The van der Waals surface area contributed by atoms with Crippen molar-refractivity contribution in [3.63, 3.8) is 0 Å². The second-order valence-corrected chi connectivity index (χ2v) is 2.29. The van der Waals surface area contributed by atoms with Crippen molar-refractivity contribution in [3.8, 4) is 0 Å².